The molecule has 0 radical (unpaired) electrons. The van der Waals surface area contributed by atoms with Gasteiger partial charge in [0.25, 0.3) is 0 Å². The number of fused-ring (bicyclic) bond motifs is 5. The zero-order valence-corrected chi connectivity index (χ0v) is 31.0. The summed E-state index contributed by atoms with van der Waals surface area (Å²) >= 11 is 0. The summed E-state index contributed by atoms with van der Waals surface area (Å²) in [7, 11) is 0. The van der Waals surface area contributed by atoms with Gasteiger partial charge < -0.3 is 4.74 Å². The summed E-state index contributed by atoms with van der Waals surface area (Å²) in [6, 6.07) is 0. The maximum Gasteiger partial charge on any atom is 0.306 e. The number of unbranched alkanes of at least 4 members (excludes halogenated alkanes) is 11. The molecule has 0 aromatic rings. The van der Waals surface area contributed by atoms with Crippen LogP contribution in [0.1, 0.15) is 183 Å². The molecule has 0 unspecified atom stereocenters. The molecular formula is C43H74O2. The van der Waals surface area contributed by atoms with Crippen LogP contribution in [-0.4, -0.2) is 12.1 Å². The van der Waals surface area contributed by atoms with E-state index in [9.17, 15) is 4.79 Å². The second-order valence-corrected chi connectivity index (χ2v) is 17.3. The molecule has 4 aliphatic carbocycles. The van der Waals surface area contributed by atoms with Crippen LogP contribution >= 0.6 is 0 Å². The number of esters is 1. The first kappa shape index (κ1) is 36.8. The van der Waals surface area contributed by atoms with E-state index in [1.54, 1.807) is 0 Å². The first-order valence-corrected chi connectivity index (χ1v) is 20.2. The average molecular weight is 623 g/mol. The first-order valence-electron chi connectivity index (χ1n) is 20.2. The fourth-order valence-electron chi connectivity index (χ4n) is 10.5. The Morgan fingerprint density at radius 1 is 0.800 bits per heavy atom. The fraction of sp³-hybridized carbons (Fsp3) is 0.884. The summed E-state index contributed by atoms with van der Waals surface area (Å²) in [6.45, 7) is 17.1. The Labute approximate surface area is 280 Å². The molecular weight excluding hydrogens is 548 g/mol. The summed E-state index contributed by atoms with van der Waals surface area (Å²) in [6.07, 6.45) is 34.6. The Kier molecular flexibility index (Phi) is 14.2. The van der Waals surface area contributed by atoms with E-state index in [1.807, 2.05) is 5.57 Å². The molecule has 45 heavy (non-hydrogen) atoms. The Morgan fingerprint density at radius 2 is 1.40 bits per heavy atom. The lowest BCUT2D eigenvalue weighted by molar-refractivity contribution is -0.155. The van der Waals surface area contributed by atoms with Gasteiger partial charge in [0.1, 0.15) is 6.10 Å². The molecule has 3 fully saturated rings. The van der Waals surface area contributed by atoms with E-state index in [4.69, 9.17) is 4.74 Å². The van der Waals surface area contributed by atoms with Crippen LogP contribution in [0, 0.1) is 52.3 Å². The van der Waals surface area contributed by atoms with Crippen molar-refractivity contribution in [2.45, 2.75) is 189 Å². The zero-order valence-electron chi connectivity index (χ0n) is 31.0. The van der Waals surface area contributed by atoms with E-state index in [-0.39, 0.29) is 12.1 Å². The number of allylic oxidation sites excluding steroid dienone is 4. The van der Waals surface area contributed by atoms with Crippen LogP contribution in [0.3, 0.4) is 0 Å². The molecule has 0 saturated heterocycles. The van der Waals surface area contributed by atoms with Crippen molar-refractivity contribution in [3.63, 3.8) is 0 Å². The molecule has 0 heterocycles. The predicted molar refractivity (Wildman–Crippen MR) is 193 cm³/mol. The number of hydrogen-bond donors (Lipinski definition) is 0. The SMILES string of the molecule is CCCCCCCCCCCCCCC(=O)O[C@H]1CC[C@@]2(C)[C@@H](CC=C3[C@@H]2CC[C@]2(C)[C@@H]([C@H](C)C=C[C@H](C)C(C)C)CC[C@@H]32)C1. The molecule has 0 N–H and O–H groups in total. The third-order valence-electron chi connectivity index (χ3n) is 14.0. The minimum atomic E-state index is 0.0686. The summed E-state index contributed by atoms with van der Waals surface area (Å²) < 4.78 is 6.14. The molecule has 0 amide bonds. The van der Waals surface area contributed by atoms with Gasteiger partial charge in [0.05, 0.1) is 0 Å². The lowest BCUT2D eigenvalue weighted by Crippen LogP contribution is -2.50. The number of carbonyl (C=O) groups is 1. The molecule has 4 aliphatic rings. The molecule has 258 valence electrons. The van der Waals surface area contributed by atoms with E-state index < -0.39 is 0 Å². The highest BCUT2D eigenvalue weighted by molar-refractivity contribution is 5.69. The van der Waals surface area contributed by atoms with Crippen LogP contribution in [0.15, 0.2) is 23.8 Å². The van der Waals surface area contributed by atoms with Gasteiger partial charge in [-0.1, -0.05) is 143 Å². The summed E-state index contributed by atoms with van der Waals surface area (Å²) in [5.41, 5.74) is 2.69. The Hall–Kier alpha value is -1.05. The zero-order chi connectivity index (χ0) is 32.5. The Balaban J connectivity index is 1.19. The largest absolute Gasteiger partial charge is 0.462 e. The van der Waals surface area contributed by atoms with Crippen LogP contribution in [0.2, 0.25) is 0 Å². The van der Waals surface area contributed by atoms with Gasteiger partial charge in [-0.3, -0.25) is 4.79 Å². The number of ether oxygens (including phenoxy) is 1. The normalized spacial score (nSPS) is 34.2. The van der Waals surface area contributed by atoms with Crippen LogP contribution in [0.5, 0.6) is 0 Å². The standard InChI is InChI=1S/C43H74O2/c1-8-9-10-11-12-13-14-15-16-17-18-19-20-41(44)45-36-27-29-42(6)35(31-36)23-24-37-39-26-25-38(43(39,7)30-28-40(37)42)34(5)22-21-33(4)32(2)3/h21-22,24,32-36,38-40H,8-20,23,25-31H2,1-7H3/t33-,34+,35-,36-,38+,39-,40-,42-,43+/m0/s1. The lowest BCUT2D eigenvalue weighted by Gasteiger charge is -2.58. The highest BCUT2D eigenvalue weighted by atomic mass is 16.5. The third kappa shape index (κ3) is 9.31. The van der Waals surface area contributed by atoms with E-state index >= 15 is 0 Å². The van der Waals surface area contributed by atoms with Crippen LogP contribution in [0.25, 0.3) is 0 Å². The Bertz CT molecular complexity index is 961. The van der Waals surface area contributed by atoms with E-state index in [0.29, 0.717) is 35.0 Å². The van der Waals surface area contributed by atoms with Crippen LogP contribution < -0.4 is 0 Å². The molecule has 9 atom stereocenters. The summed E-state index contributed by atoms with van der Waals surface area (Å²) in [5, 5.41) is 0. The molecule has 0 bridgehead atoms. The highest BCUT2D eigenvalue weighted by Crippen LogP contribution is 2.67. The van der Waals surface area contributed by atoms with Crippen molar-refractivity contribution in [2.24, 2.45) is 52.3 Å². The molecule has 0 spiro atoms. The smallest absolute Gasteiger partial charge is 0.306 e. The van der Waals surface area contributed by atoms with Gasteiger partial charge in [0.15, 0.2) is 0 Å². The van der Waals surface area contributed by atoms with Crippen molar-refractivity contribution in [3.05, 3.63) is 23.8 Å². The van der Waals surface area contributed by atoms with Gasteiger partial charge in [-0.2, -0.15) is 0 Å². The molecule has 4 rings (SSSR count). The minimum absolute atomic E-state index is 0.0686. The van der Waals surface area contributed by atoms with Gasteiger partial charge in [-0.25, -0.2) is 0 Å². The number of carbonyl (C=O) groups excluding carboxylic acids is 1. The van der Waals surface area contributed by atoms with E-state index in [2.05, 4.69) is 66.7 Å². The van der Waals surface area contributed by atoms with Crippen molar-refractivity contribution < 1.29 is 9.53 Å². The van der Waals surface area contributed by atoms with Crippen LogP contribution in [0.4, 0.5) is 0 Å². The van der Waals surface area contributed by atoms with E-state index in [1.165, 1.54) is 109 Å². The molecule has 2 heteroatoms. The second-order valence-electron chi connectivity index (χ2n) is 17.3. The summed E-state index contributed by atoms with van der Waals surface area (Å²) in [4.78, 5) is 12.8. The maximum atomic E-state index is 12.8. The quantitative estimate of drug-likeness (QED) is 0.0863. The first-order chi connectivity index (χ1) is 21.6. The molecule has 0 aromatic heterocycles. The Morgan fingerprint density at radius 3 is 2.04 bits per heavy atom. The average Bonchev–Trinajstić information content (AvgIpc) is 3.37. The van der Waals surface area contributed by atoms with Gasteiger partial charge in [0.2, 0.25) is 0 Å². The number of rotatable bonds is 18. The predicted octanol–water partition coefficient (Wildman–Crippen LogP) is 13.1. The van der Waals surface area contributed by atoms with Crippen molar-refractivity contribution in [1.82, 2.24) is 0 Å². The number of hydrogen-bond acceptors (Lipinski definition) is 2. The van der Waals surface area contributed by atoms with Crippen molar-refractivity contribution in [1.29, 1.82) is 0 Å². The van der Waals surface area contributed by atoms with Crippen molar-refractivity contribution >= 4 is 5.97 Å². The topological polar surface area (TPSA) is 26.3 Å². The van der Waals surface area contributed by atoms with E-state index in [0.717, 1.165) is 42.9 Å². The third-order valence-corrected chi connectivity index (χ3v) is 14.0. The molecule has 0 aromatic carbocycles. The molecule has 0 aliphatic heterocycles. The molecule has 3 saturated carbocycles. The summed E-state index contributed by atoms with van der Waals surface area (Å²) in [5.74, 6) is 5.13. The van der Waals surface area contributed by atoms with Crippen LogP contribution in [-0.2, 0) is 9.53 Å². The second kappa shape index (κ2) is 17.4. The van der Waals surface area contributed by atoms with Gasteiger partial charge in [0, 0.05) is 6.42 Å². The lowest BCUT2D eigenvalue weighted by atomic mass is 9.47. The highest BCUT2D eigenvalue weighted by Gasteiger charge is 2.58. The van der Waals surface area contributed by atoms with Gasteiger partial charge in [-0.05, 0) is 110 Å². The van der Waals surface area contributed by atoms with Crippen molar-refractivity contribution in [3.8, 4) is 0 Å². The monoisotopic (exact) mass is 623 g/mol. The minimum Gasteiger partial charge on any atom is -0.462 e. The fourth-order valence-corrected chi connectivity index (χ4v) is 10.5. The maximum absolute atomic E-state index is 12.8. The van der Waals surface area contributed by atoms with Gasteiger partial charge in [-0.15, -0.1) is 0 Å². The van der Waals surface area contributed by atoms with Gasteiger partial charge >= 0.3 is 5.97 Å². The molecule has 2 nitrogen and oxygen atoms in total. The van der Waals surface area contributed by atoms with Crippen molar-refractivity contribution in [2.75, 3.05) is 0 Å².